The number of hydrogen-bond donors (Lipinski definition) is 0. The highest BCUT2D eigenvalue weighted by Gasteiger charge is 2.83. The van der Waals surface area contributed by atoms with Crippen LogP contribution in [0.25, 0.3) is 10.8 Å². The second-order valence-electron chi connectivity index (χ2n) is 11.0. The summed E-state index contributed by atoms with van der Waals surface area (Å²) in [5, 5.41) is -4.41. The largest absolute Gasteiger partial charge is 0.743 e. The zero-order chi connectivity index (χ0) is 31.1. The van der Waals surface area contributed by atoms with Gasteiger partial charge in [0.05, 0.1) is 6.61 Å². The molecule has 1 aliphatic heterocycles. The quantitative estimate of drug-likeness (QED) is 0.174. The highest BCUT2D eigenvalue weighted by atomic mass is 32.2. The van der Waals surface area contributed by atoms with Crippen LogP contribution in [0.4, 0.5) is 39.5 Å². The summed E-state index contributed by atoms with van der Waals surface area (Å²) >= 11 is 0. The molecule has 0 aromatic heterocycles. The Morgan fingerprint density at radius 2 is 1.38 bits per heavy atom. The van der Waals surface area contributed by atoms with Gasteiger partial charge in [0, 0.05) is 17.0 Å². The van der Waals surface area contributed by atoms with Gasteiger partial charge in [0.2, 0.25) is 0 Å². The van der Waals surface area contributed by atoms with E-state index in [-0.39, 0.29) is 0 Å². The number of benzene rings is 2. The number of rotatable bonds is 7. The van der Waals surface area contributed by atoms with Crippen LogP contribution in [0.15, 0.2) is 41.3 Å². The maximum Gasteiger partial charge on any atom is 0.460 e. The minimum Gasteiger partial charge on any atom is -0.743 e. The average molecular weight is 653 g/mol. The molecule has 3 saturated carbocycles. The van der Waals surface area contributed by atoms with Crippen molar-refractivity contribution in [3.05, 3.63) is 36.4 Å². The predicted molar refractivity (Wildman–Crippen MR) is 138 cm³/mol. The van der Waals surface area contributed by atoms with Gasteiger partial charge in [0.1, 0.15) is 17.3 Å². The van der Waals surface area contributed by atoms with Crippen molar-refractivity contribution >= 4 is 31.8 Å². The van der Waals surface area contributed by atoms with Gasteiger partial charge in [-0.05, 0) is 84.9 Å². The Balaban J connectivity index is 0.000000211. The summed E-state index contributed by atoms with van der Waals surface area (Å²) in [5.74, 6) is -8.24. The van der Waals surface area contributed by atoms with E-state index in [4.69, 9.17) is 4.74 Å². The summed E-state index contributed by atoms with van der Waals surface area (Å²) in [7, 11) is -6.91. The Hall–Kier alpha value is -1.87. The molecule has 1 heterocycles. The molecule has 2 bridgehead atoms. The van der Waals surface area contributed by atoms with E-state index < -0.39 is 33.4 Å². The lowest BCUT2D eigenvalue weighted by atomic mass is 9.65. The first-order valence-electron chi connectivity index (χ1n) is 13.3. The average Bonchev–Trinajstić information content (AvgIpc) is 3.46. The van der Waals surface area contributed by atoms with Crippen molar-refractivity contribution < 1.29 is 57.2 Å². The zero-order valence-corrected chi connectivity index (χ0v) is 23.8. The first-order chi connectivity index (χ1) is 19.3. The Bertz CT molecular complexity index is 1350. The Morgan fingerprint density at radius 3 is 1.90 bits per heavy atom. The lowest BCUT2D eigenvalue weighted by molar-refractivity contribution is -0.382. The molecular weight excluding hydrogens is 623 g/mol. The third kappa shape index (κ3) is 6.47. The molecule has 236 valence electrons. The monoisotopic (exact) mass is 652 g/mol. The molecule has 3 aliphatic carbocycles. The SMILES string of the molecule is O=S(=O)([O-])C(F)(F)C(F)(F)C(F)(F)C(F)(F)F.c1cc2cc([S+]3CCCC3)ccc2cc1OCC1CC2CCC1CC2. The molecule has 4 aliphatic rings. The van der Waals surface area contributed by atoms with Crippen molar-refractivity contribution in [2.45, 2.75) is 73.1 Å². The molecule has 4 fully saturated rings. The van der Waals surface area contributed by atoms with Gasteiger partial charge in [0.25, 0.3) is 0 Å². The minimum atomic E-state index is -7.43. The maximum absolute atomic E-state index is 12.2. The Labute approximate surface area is 240 Å². The summed E-state index contributed by atoms with van der Waals surface area (Å²) in [4.78, 5) is 1.57. The molecule has 4 nitrogen and oxygen atoms in total. The summed E-state index contributed by atoms with van der Waals surface area (Å²) in [6.07, 6.45) is 2.91. The van der Waals surface area contributed by atoms with Crippen LogP contribution >= 0.6 is 0 Å². The van der Waals surface area contributed by atoms with Gasteiger partial charge in [-0.3, -0.25) is 0 Å². The van der Waals surface area contributed by atoms with Gasteiger partial charge in [-0.1, -0.05) is 18.9 Å². The van der Waals surface area contributed by atoms with Crippen molar-refractivity contribution in [1.29, 1.82) is 0 Å². The first-order valence-corrected chi connectivity index (χ1v) is 16.3. The van der Waals surface area contributed by atoms with Crippen molar-refractivity contribution in [1.82, 2.24) is 0 Å². The fourth-order valence-corrected chi connectivity index (χ4v) is 8.58. The number of halogens is 9. The molecule has 0 N–H and O–H groups in total. The van der Waals surface area contributed by atoms with Gasteiger partial charge in [-0.25, -0.2) is 8.42 Å². The van der Waals surface area contributed by atoms with Gasteiger partial charge in [0.15, 0.2) is 15.0 Å². The van der Waals surface area contributed by atoms with Crippen LogP contribution < -0.4 is 4.74 Å². The second-order valence-corrected chi connectivity index (χ2v) is 14.7. The van der Waals surface area contributed by atoms with Crippen molar-refractivity contribution in [3.8, 4) is 5.75 Å². The minimum absolute atomic E-state index is 0.509. The highest BCUT2D eigenvalue weighted by molar-refractivity contribution is 7.97. The van der Waals surface area contributed by atoms with Crippen LogP contribution in [0, 0.1) is 17.8 Å². The number of fused-ring (bicyclic) bond motifs is 4. The lowest BCUT2D eigenvalue weighted by Gasteiger charge is -2.42. The fraction of sp³-hybridized carbons (Fsp3) is 0.630. The third-order valence-corrected chi connectivity index (χ3v) is 11.6. The molecule has 2 aromatic carbocycles. The fourth-order valence-electron chi connectivity index (χ4n) is 5.80. The van der Waals surface area contributed by atoms with Crippen LogP contribution in [0.3, 0.4) is 0 Å². The van der Waals surface area contributed by atoms with Crippen LogP contribution in [0.1, 0.15) is 44.9 Å². The van der Waals surface area contributed by atoms with E-state index in [2.05, 4.69) is 36.4 Å². The van der Waals surface area contributed by atoms with Gasteiger partial charge in [-0.2, -0.15) is 39.5 Å². The summed E-state index contributed by atoms with van der Waals surface area (Å²) in [6, 6.07) is 13.8. The Morgan fingerprint density at radius 1 is 0.810 bits per heavy atom. The first kappa shape index (κ1) is 33.0. The smallest absolute Gasteiger partial charge is 0.460 e. The van der Waals surface area contributed by atoms with Gasteiger partial charge < -0.3 is 9.29 Å². The third-order valence-electron chi connectivity index (χ3n) is 8.24. The molecule has 1 saturated heterocycles. The second kappa shape index (κ2) is 11.9. The maximum atomic E-state index is 12.2. The summed E-state index contributed by atoms with van der Waals surface area (Å²) in [5.41, 5.74) is 0. The standard InChI is InChI=1S/C23H29OS.C4HF9O3S/c1-2-12-25(11-1)23-10-8-19-14-22(9-7-20(19)15-23)24-16-21-13-17-3-5-18(21)6-4-17;5-1(6,3(9,10)11)2(7,8)4(12,13)17(14,15)16/h7-10,14-15,17-18,21H,1-6,11-13,16H2;(H,14,15,16)/q+1;/p-1. The van der Waals surface area contributed by atoms with Crippen LogP contribution in [0.5, 0.6) is 5.75 Å². The van der Waals surface area contributed by atoms with Crippen molar-refractivity contribution in [2.24, 2.45) is 17.8 Å². The Kier molecular flexibility index (Phi) is 9.36. The lowest BCUT2D eigenvalue weighted by Crippen LogP contribution is -2.63. The normalized spacial score (nSPS) is 24.0. The molecule has 15 heteroatoms. The topological polar surface area (TPSA) is 66.4 Å². The van der Waals surface area contributed by atoms with E-state index in [1.54, 1.807) is 4.90 Å². The summed E-state index contributed by atoms with van der Waals surface area (Å²) < 4.78 is 142. The van der Waals surface area contributed by atoms with Gasteiger partial charge >= 0.3 is 23.3 Å². The number of hydrogen-bond acceptors (Lipinski definition) is 4. The number of alkyl halides is 9. The molecule has 1 atom stereocenters. The van der Waals surface area contributed by atoms with E-state index in [1.165, 1.54) is 67.2 Å². The molecule has 0 spiro atoms. The molecule has 6 rings (SSSR count). The van der Waals surface area contributed by atoms with Gasteiger partial charge in [-0.15, -0.1) is 0 Å². The summed E-state index contributed by atoms with van der Waals surface area (Å²) in [6.45, 7) is 0.925. The van der Waals surface area contributed by atoms with Crippen molar-refractivity contribution in [2.75, 3.05) is 18.1 Å². The van der Waals surface area contributed by atoms with E-state index in [1.807, 2.05) is 0 Å². The molecule has 0 amide bonds. The van der Waals surface area contributed by atoms with Crippen LogP contribution in [-0.4, -0.2) is 54.4 Å². The molecule has 2 aromatic rings. The van der Waals surface area contributed by atoms with Crippen LogP contribution in [-0.2, 0) is 21.0 Å². The van der Waals surface area contributed by atoms with E-state index >= 15 is 0 Å². The predicted octanol–water partition coefficient (Wildman–Crippen LogP) is 7.77. The number of ether oxygens (including phenoxy) is 1. The van der Waals surface area contributed by atoms with E-state index in [0.717, 1.165) is 30.1 Å². The molecule has 42 heavy (non-hydrogen) atoms. The zero-order valence-electron chi connectivity index (χ0n) is 22.1. The molecule has 1 unspecified atom stereocenters. The highest BCUT2D eigenvalue weighted by Crippen LogP contribution is 2.54. The van der Waals surface area contributed by atoms with Crippen molar-refractivity contribution in [3.63, 3.8) is 0 Å². The van der Waals surface area contributed by atoms with Crippen LogP contribution in [0.2, 0.25) is 0 Å². The molecular formula is C27H29F9O4S2. The molecule has 0 radical (unpaired) electrons. The van der Waals surface area contributed by atoms with E-state index in [9.17, 15) is 52.5 Å². The van der Waals surface area contributed by atoms with E-state index in [0.29, 0.717) is 10.9 Å².